The molecule has 4 N–H and O–H groups in total. The molecule has 0 aliphatic heterocycles. The minimum Gasteiger partial charge on any atom is -0.475 e. The fourth-order valence-corrected chi connectivity index (χ4v) is 1.31. The number of rotatable bonds is 5. The molecule has 0 aliphatic rings. The van der Waals surface area contributed by atoms with Crippen molar-refractivity contribution < 1.29 is 27.9 Å². The number of carboxylic acid groups (broad SMARTS) is 1. The van der Waals surface area contributed by atoms with Crippen LogP contribution in [0, 0.1) is 5.92 Å². The zero-order valence-electron chi connectivity index (χ0n) is 12.8. The maximum absolute atomic E-state index is 11.7. The van der Waals surface area contributed by atoms with Crippen LogP contribution in [-0.2, 0) is 16.1 Å². The van der Waals surface area contributed by atoms with Crippen LogP contribution in [0.2, 0.25) is 0 Å². The molecule has 1 amide bonds. The van der Waals surface area contributed by atoms with E-state index in [1.165, 1.54) is 0 Å². The van der Waals surface area contributed by atoms with Gasteiger partial charge in [-0.2, -0.15) is 13.2 Å². The van der Waals surface area contributed by atoms with Crippen molar-refractivity contribution in [2.75, 3.05) is 0 Å². The maximum Gasteiger partial charge on any atom is 0.490 e. The molecule has 0 aliphatic carbocycles. The summed E-state index contributed by atoms with van der Waals surface area (Å²) in [6, 6.07) is 5.17. The van der Waals surface area contributed by atoms with E-state index < -0.39 is 18.2 Å². The normalized spacial score (nSPS) is 13.3. The number of pyridine rings is 1. The van der Waals surface area contributed by atoms with Gasteiger partial charge in [-0.05, 0) is 18.1 Å². The Kier molecular flexibility index (Phi) is 8.86. The number of aromatic nitrogens is 1. The molecule has 0 aromatic carbocycles. The Balaban J connectivity index is 0.000000585. The van der Waals surface area contributed by atoms with Crippen LogP contribution in [-0.4, -0.2) is 34.2 Å². The summed E-state index contributed by atoms with van der Waals surface area (Å²) < 4.78 is 31.7. The van der Waals surface area contributed by atoms with E-state index in [1.54, 1.807) is 6.20 Å². The first kappa shape index (κ1) is 20.8. The van der Waals surface area contributed by atoms with Crippen LogP contribution in [0.3, 0.4) is 0 Å². The summed E-state index contributed by atoms with van der Waals surface area (Å²) in [5, 5.41) is 9.91. The highest BCUT2D eigenvalue weighted by molar-refractivity contribution is 5.81. The van der Waals surface area contributed by atoms with Gasteiger partial charge in [-0.15, -0.1) is 0 Å². The van der Waals surface area contributed by atoms with Crippen molar-refractivity contribution in [3.8, 4) is 0 Å². The van der Waals surface area contributed by atoms with E-state index in [1.807, 2.05) is 32.0 Å². The highest BCUT2D eigenvalue weighted by atomic mass is 19.4. The summed E-state index contributed by atoms with van der Waals surface area (Å²) in [6.45, 7) is 4.44. The van der Waals surface area contributed by atoms with Gasteiger partial charge in [0, 0.05) is 6.20 Å². The predicted molar refractivity (Wildman–Crippen MR) is 77.2 cm³/mol. The molecule has 2 unspecified atom stereocenters. The molecule has 1 aromatic rings. The van der Waals surface area contributed by atoms with E-state index in [2.05, 4.69) is 10.3 Å². The zero-order valence-corrected chi connectivity index (χ0v) is 12.8. The van der Waals surface area contributed by atoms with Crippen LogP contribution in [0.15, 0.2) is 24.4 Å². The molecule has 0 fully saturated rings. The topological polar surface area (TPSA) is 105 Å². The second-order valence-electron chi connectivity index (χ2n) is 4.75. The van der Waals surface area contributed by atoms with Gasteiger partial charge in [0.2, 0.25) is 5.91 Å². The average molecular weight is 335 g/mol. The van der Waals surface area contributed by atoms with E-state index in [0.29, 0.717) is 6.54 Å². The third kappa shape index (κ3) is 8.77. The minimum absolute atomic E-state index is 0.111. The van der Waals surface area contributed by atoms with Crippen molar-refractivity contribution in [1.82, 2.24) is 10.3 Å². The third-order valence-electron chi connectivity index (χ3n) is 2.97. The fraction of sp³-hybridized carbons (Fsp3) is 0.500. The van der Waals surface area contributed by atoms with Crippen LogP contribution in [0.4, 0.5) is 13.2 Å². The Hall–Kier alpha value is -2.16. The summed E-state index contributed by atoms with van der Waals surface area (Å²) >= 11 is 0. The molecule has 0 saturated carbocycles. The van der Waals surface area contributed by atoms with Crippen LogP contribution >= 0.6 is 0 Å². The number of amides is 1. The first-order chi connectivity index (χ1) is 10.6. The maximum atomic E-state index is 11.7. The number of hydrogen-bond acceptors (Lipinski definition) is 4. The molecule has 23 heavy (non-hydrogen) atoms. The van der Waals surface area contributed by atoms with Crippen LogP contribution in [0.25, 0.3) is 0 Å². The smallest absolute Gasteiger partial charge is 0.475 e. The van der Waals surface area contributed by atoms with Crippen LogP contribution < -0.4 is 11.1 Å². The van der Waals surface area contributed by atoms with Gasteiger partial charge in [-0.1, -0.05) is 26.3 Å². The lowest BCUT2D eigenvalue weighted by Gasteiger charge is -2.17. The van der Waals surface area contributed by atoms with Gasteiger partial charge in [-0.25, -0.2) is 4.79 Å². The number of nitrogens with one attached hydrogen (secondary N) is 1. The molecule has 0 saturated heterocycles. The first-order valence-corrected chi connectivity index (χ1v) is 6.82. The van der Waals surface area contributed by atoms with Gasteiger partial charge in [-0.3, -0.25) is 9.78 Å². The second-order valence-corrected chi connectivity index (χ2v) is 4.75. The number of alkyl halides is 3. The number of nitrogens with two attached hydrogens (primary N) is 1. The van der Waals surface area contributed by atoms with Crippen molar-refractivity contribution >= 4 is 11.9 Å². The molecule has 1 aromatic heterocycles. The molecule has 2 atom stereocenters. The molecule has 6 nitrogen and oxygen atoms in total. The minimum atomic E-state index is -5.08. The van der Waals surface area contributed by atoms with E-state index in [4.69, 9.17) is 15.6 Å². The molecular formula is C14H20F3N3O3. The van der Waals surface area contributed by atoms with E-state index in [0.717, 1.165) is 12.1 Å². The number of carboxylic acids is 1. The van der Waals surface area contributed by atoms with Gasteiger partial charge < -0.3 is 16.2 Å². The largest absolute Gasteiger partial charge is 0.490 e. The van der Waals surface area contributed by atoms with Gasteiger partial charge in [0.1, 0.15) is 0 Å². The Bertz CT molecular complexity index is 495. The van der Waals surface area contributed by atoms with Gasteiger partial charge >= 0.3 is 12.1 Å². The van der Waals surface area contributed by atoms with E-state index >= 15 is 0 Å². The van der Waals surface area contributed by atoms with Crippen molar-refractivity contribution in [3.63, 3.8) is 0 Å². The number of nitrogens with zero attached hydrogens (tertiary/aromatic N) is 1. The van der Waals surface area contributed by atoms with E-state index in [-0.39, 0.29) is 11.8 Å². The number of hydrogen-bond donors (Lipinski definition) is 3. The summed E-state index contributed by atoms with van der Waals surface area (Å²) in [7, 11) is 0. The van der Waals surface area contributed by atoms with Crippen LogP contribution in [0.5, 0.6) is 0 Å². The van der Waals surface area contributed by atoms with Crippen molar-refractivity contribution in [1.29, 1.82) is 0 Å². The van der Waals surface area contributed by atoms with Gasteiger partial charge in [0.15, 0.2) is 0 Å². The van der Waals surface area contributed by atoms with E-state index in [9.17, 15) is 18.0 Å². The Labute approximate surface area is 131 Å². The zero-order chi connectivity index (χ0) is 18.0. The van der Waals surface area contributed by atoms with Crippen LogP contribution in [0.1, 0.15) is 26.0 Å². The summed E-state index contributed by atoms with van der Waals surface area (Å²) in [5.41, 5.74) is 6.64. The molecule has 9 heteroatoms. The lowest BCUT2D eigenvalue weighted by Crippen LogP contribution is -2.44. The average Bonchev–Trinajstić information content (AvgIpc) is 2.51. The van der Waals surface area contributed by atoms with Gasteiger partial charge in [0.25, 0.3) is 0 Å². The Morgan fingerprint density at radius 1 is 1.39 bits per heavy atom. The fourth-order valence-electron chi connectivity index (χ4n) is 1.31. The molecule has 1 rings (SSSR count). The third-order valence-corrected chi connectivity index (χ3v) is 2.97. The molecule has 0 radical (unpaired) electrons. The summed E-state index contributed by atoms with van der Waals surface area (Å²) in [6.07, 6.45) is -2.48. The Morgan fingerprint density at radius 2 is 1.96 bits per heavy atom. The monoisotopic (exact) mass is 335 g/mol. The molecular weight excluding hydrogens is 315 g/mol. The quantitative estimate of drug-likeness (QED) is 0.759. The van der Waals surface area contributed by atoms with Gasteiger partial charge in [0.05, 0.1) is 18.3 Å². The molecule has 130 valence electrons. The number of aliphatic carboxylic acids is 1. The lowest BCUT2D eigenvalue weighted by molar-refractivity contribution is -0.192. The SMILES string of the molecule is CCC(C)C(N)C(=O)NCc1ccccn1.O=C(O)C(F)(F)F. The lowest BCUT2D eigenvalue weighted by atomic mass is 9.99. The predicted octanol–water partition coefficient (Wildman–Crippen LogP) is 1.70. The highest BCUT2D eigenvalue weighted by Crippen LogP contribution is 2.13. The summed E-state index contributed by atoms with van der Waals surface area (Å²) in [5.74, 6) is -2.67. The summed E-state index contributed by atoms with van der Waals surface area (Å²) in [4.78, 5) is 24.7. The molecule has 0 spiro atoms. The number of halogens is 3. The molecule has 1 heterocycles. The Morgan fingerprint density at radius 3 is 2.35 bits per heavy atom. The first-order valence-electron chi connectivity index (χ1n) is 6.82. The van der Waals surface area contributed by atoms with Crippen molar-refractivity contribution in [2.24, 2.45) is 11.7 Å². The van der Waals surface area contributed by atoms with Crippen molar-refractivity contribution in [3.05, 3.63) is 30.1 Å². The highest BCUT2D eigenvalue weighted by Gasteiger charge is 2.38. The number of carbonyl (C=O) groups is 2. The standard InChI is InChI=1S/C12H19N3O.C2HF3O2/c1-3-9(2)11(13)12(16)15-8-10-6-4-5-7-14-10;3-2(4,5)1(6)7/h4-7,9,11H,3,8,13H2,1-2H3,(H,15,16);(H,6,7). The second kappa shape index (κ2) is 9.78. The number of carbonyl (C=O) groups excluding carboxylic acids is 1. The molecule has 0 bridgehead atoms. The van der Waals surface area contributed by atoms with Crippen molar-refractivity contribution in [2.45, 2.75) is 39.0 Å².